The summed E-state index contributed by atoms with van der Waals surface area (Å²) in [6.07, 6.45) is 4.86. The van der Waals surface area contributed by atoms with Crippen LogP contribution in [0.25, 0.3) is 0 Å². The Bertz CT molecular complexity index is 688. The van der Waals surface area contributed by atoms with E-state index in [1.807, 2.05) is 4.90 Å². The lowest BCUT2D eigenvalue weighted by molar-refractivity contribution is -0.136. The molecule has 0 saturated carbocycles. The SMILES string of the molecule is CN1CCN(C(=O)Cc2cnc[nH]c2=O)CC12CCNC(=O)CC2. The fraction of sp³-hybridized carbons (Fsp3) is 0.625. The number of carbonyl (C=O) groups is 2. The van der Waals surface area contributed by atoms with E-state index in [1.54, 1.807) is 0 Å². The molecule has 1 atom stereocenters. The number of rotatable bonds is 2. The van der Waals surface area contributed by atoms with Gasteiger partial charge in [-0.1, -0.05) is 0 Å². The van der Waals surface area contributed by atoms with Gasteiger partial charge in [0.2, 0.25) is 11.8 Å². The maximum Gasteiger partial charge on any atom is 0.254 e. The van der Waals surface area contributed by atoms with Gasteiger partial charge in [-0.15, -0.1) is 0 Å². The summed E-state index contributed by atoms with van der Waals surface area (Å²) in [5.41, 5.74) is -0.0614. The second kappa shape index (κ2) is 6.72. The van der Waals surface area contributed by atoms with Crippen LogP contribution < -0.4 is 10.9 Å². The van der Waals surface area contributed by atoms with E-state index in [4.69, 9.17) is 0 Å². The number of carbonyl (C=O) groups excluding carboxylic acids is 2. The number of nitrogens with zero attached hydrogens (tertiary/aromatic N) is 3. The number of piperazine rings is 1. The molecule has 0 bridgehead atoms. The Kier molecular flexibility index (Phi) is 4.66. The zero-order valence-corrected chi connectivity index (χ0v) is 13.9. The third-order valence-electron chi connectivity index (χ3n) is 5.22. The summed E-state index contributed by atoms with van der Waals surface area (Å²) in [5.74, 6) is 0.00938. The Balaban J connectivity index is 1.73. The van der Waals surface area contributed by atoms with Crippen LogP contribution in [0.15, 0.2) is 17.3 Å². The molecule has 2 aliphatic heterocycles. The Hall–Kier alpha value is -2.22. The molecular weight excluding hydrogens is 310 g/mol. The Morgan fingerprint density at radius 2 is 2.17 bits per heavy atom. The van der Waals surface area contributed by atoms with Crippen LogP contribution in [0.5, 0.6) is 0 Å². The summed E-state index contributed by atoms with van der Waals surface area (Å²) in [6, 6.07) is 0. The predicted octanol–water partition coefficient (Wildman–Crippen LogP) is -0.875. The molecule has 1 unspecified atom stereocenters. The minimum absolute atomic E-state index is 0.0557. The Morgan fingerprint density at radius 3 is 2.96 bits per heavy atom. The number of amides is 2. The molecule has 1 spiro atoms. The lowest BCUT2D eigenvalue weighted by atomic mass is 9.86. The highest BCUT2D eigenvalue weighted by molar-refractivity contribution is 5.79. The smallest absolute Gasteiger partial charge is 0.254 e. The summed E-state index contributed by atoms with van der Waals surface area (Å²) in [4.78, 5) is 46.5. The molecule has 3 rings (SSSR count). The van der Waals surface area contributed by atoms with E-state index in [1.165, 1.54) is 12.5 Å². The van der Waals surface area contributed by atoms with Gasteiger partial charge in [0, 0.05) is 49.9 Å². The molecule has 8 nitrogen and oxygen atoms in total. The molecule has 2 aliphatic rings. The number of aromatic amines is 1. The average molecular weight is 333 g/mol. The minimum Gasteiger partial charge on any atom is -0.356 e. The van der Waals surface area contributed by atoms with Gasteiger partial charge < -0.3 is 15.2 Å². The highest BCUT2D eigenvalue weighted by atomic mass is 16.2. The molecule has 0 aliphatic carbocycles. The lowest BCUT2D eigenvalue weighted by Crippen LogP contribution is -2.62. The molecule has 2 amide bonds. The van der Waals surface area contributed by atoms with Crippen molar-refractivity contribution >= 4 is 11.8 Å². The van der Waals surface area contributed by atoms with Crippen molar-refractivity contribution in [1.82, 2.24) is 25.1 Å². The fourth-order valence-corrected chi connectivity index (χ4v) is 3.58. The molecule has 3 heterocycles. The maximum absolute atomic E-state index is 12.6. The van der Waals surface area contributed by atoms with E-state index in [9.17, 15) is 14.4 Å². The monoisotopic (exact) mass is 333 g/mol. The Morgan fingerprint density at radius 1 is 1.33 bits per heavy atom. The molecule has 24 heavy (non-hydrogen) atoms. The van der Waals surface area contributed by atoms with E-state index in [-0.39, 0.29) is 29.3 Å². The van der Waals surface area contributed by atoms with Crippen molar-refractivity contribution < 1.29 is 9.59 Å². The van der Waals surface area contributed by atoms with Gasteiger partial charge in [-0.2, -0.15) is 0 Å². The molecule has 0 radical (unpaired) electrons. The van der Waals surface area contributed by atoms with Crippen molar-refractivity contribution in [3.05, 3.63) is 28.4 Å². The van der Waals surface area contributed by atoms with Crippen molar-refractivity contribution in [2.45, 2.75) is 31.2 Å². The third kappa shape index (κ3) is 3.33. The number of nitrogens with one attached hydrogen (secondary N) is 2. The van der Waals surface area contributed by atoms with Gasteiger partial charge in [0.25, 0.3) is 5.56 Å². The average Bonchev–Trinajstić information content (AvgIpc) is 2.75. The van der Waals surface area contributed by atoms with Crippen LogP contribution in [-0.2, 0) is 16.0 Å². The first kappa shape index (κ1) is 16.6. The van der Waals surface area contributed by atoms with Gasteiger partial charge in [-0.05, 0) is 19.9 Å². The number of likely N-dealkylation sites (N-methyl/N-ethyl adjacent to an activating group) is 1. The molecule has 8 heteroatoms. The molecule has 2 saturated heterocycles. The second-order valence-corrected chi connectivity index (χ2v) is 6.64. The molecular formula is C16H23N5O3. The number of hydrogen-bond donors (Lipinski definition) is 2. The molecule has 1 aromatic heterocycles. The Labute approximate surface area is 140 Å². The lowest BCUT2D eigenvalue weighted by Gasteiger charge is -2.49. The van der Waals surface area contributed by atoms with Gasteiger partial charge >= 0.3 is 0 Å². The summed E-state index contributed by atoms with van der Waals surface area (Å²) >= 11 is 0. The number of hydrogen-bond acceptors (Lipinski definition) is 5. The van der Waals surface area contributed by atoms with Crippen molar-refractivity contribution in [2.24, 2.45) is 0 Å². The highest BCUT2D eigenvalue weighted by Crippen LogP contribution is 2.30. The van der Waals surface area contributed by atoms with E-state index >= 15 is 0 Å². The quantitative estimate of drug-likeness (QED) is 0.733. The first-order valence-corrected chi connectivity index (χ1v) is 8.27. The van der Waals surface area contributed by atoms with Crippen LogP contribution in [0.4, 0.5) is 0 Å². The zero-order valence-electron chi connectivity index (χ0n) is 13.9. The van der Waals surface area contributed by atoms with E-state index in [0.29, 0.717) is 31.6 Å². The van der Waals surface area contributed by atoms with Crippen molar-refractivity contribution in [3.8, 4) is 0 Å². The van der Waals surface area contributed by atoms with E-state index in [0.717, 1.165) is 19.4 Å². The summed E-state index contributed by atoms with van der Waals surface area (Å²) in [6.45, 7) is 2.63. The third-order valence-corrected chi connectivity index (χ3v) is 5.22. The fourth-order valence-electron chi connectivity index (χ4n) is 3.58. The maximum atomic E-state index is 12.6. The van der Waals surface area contributed by atoms with E-state index in [2.05, 4.69) is 27.2 Å². The molecule has 0 aromatic carbocycles. The zero-order chi connectivity index (χ0) is 17.2. The van der Waals surface area contributed by atoms with Gasteiger partial charge in [0.15, 0.2) is 0 Å². The first-order valence-electron chi connectivity index (χ1n) is 8.27. The summed E-state index contributed by atoms with van der Waals surface area (Å²) in [5, 5.41) is 2.91. The van der Waals surface area contributed by atoms with Crippen LogP contribution in [-0.4, -0.2) is 70.3 Å². The van der Waals surface area contributed by atoms with Gasteiger partial charge in [0.05, 0.1) is 12.7 Å². The van der Waals surface area contributed by atoms with Crippen molar-refractivity contribution in [2.75, 3.05) is 33.2 Å². The van der Waals surface area contributed by atoms with Gasteiger partial charge in [-0.3, -0.25) is 19.3 Å². The standard InChI is InChI=1S/C16H23N5O3/c1-20-6-7-21(10-16(20)3-2-13(22)18-5-4-16)14(23)8-12-9-17-11-19-15(12)24/h9,11H,2-8,10H2,1H3,(H,18,22)(H,17,19,24). The van der Waals surface area contributed by atoms with Gasteiger partial charge in [-0.25, -0.2) is 4.98 Å². The summed E-state index contributed by atoms with van der Waals surface area (Å²) < 4.78 is 0. The van der Waals surface area contributed by atoms with Crippen LogP contribution in [0.3, 0.4) is 0 Å². The summed E-state index contributed by atoms with van der Waals surface area (Å²) in [7, 11) is 2.06. The number of aromatic nitrogens is 2. The second-order valence-electron chi connectivity index (χ2n) is 6.64. The first-order chi connectivity index (χ1) is 11.5. The van der Waals surface area contributed by atoms with Crippen LogP contribution in [0.1, 0.15) is 24.8 Å². The van der Waals surface area contributed by atoms with Crippen LogP contribution >= 0.6 is 0 Å². The highest BCUT2D eigenvalue weighted by Gasteiger charge is 2.42. The molecule has 1 aromatic rings. The predicted molar refractivity (Wildman–Crippen MR) is 87.4 cm³/mol. The molecule has 130 valence electrons. The molecule has 2 N–H and O–H groups in total. The largest absolute Gasteiger partial charge is 0.356 e. The van der Waals surface area contributed by atoms with Crippen molar-refractivity contribution in [1.29, 1.82) is 0 Å². The number of H-pyrrole nitrogens is 1. The van der Waals surface area contributed by atoms with Crippen molar-refractivity contribution in [3.63, 3.8) is 0 Å². The van der Waals surface area contributed by atoms with Gasteiger partial charge in [0.1, 0.15) is 0 Å². The van der Waals surface area contributed by atoms with Crippen LogP contribution in [0.2, 0.25) is 0 Å². The normalized spacial score (nSPS) is 25.4. The molecule has 2 fully saturated rings. The minimum atomic E-state index is -0.272. The van der Waals surface area contributed by atoms with Crippen LogP contribution in [0, 0.1) is 0 Å². The topological polar surface area (TPSA) is 98.4 Å². The van der Waals surface area contributed by atoms with E-state index < -0.39 is 0 Å².